The molecule has 1 fully saturated rings. The number of carboxylic acid groups (broad SMARTS) is 1. The molecule has 0 saturated heterocycles. The first-order chi connectivity index (χ1) is 16.4. The number of carboxylic acids is 1. The number of rotatable bonds is 6. The summed E-state index contributed by atoms with van der Waals surface area (Å²) in [5.41, 5.74) is 4.06. The lowest BCUT2D eigenvalue weighted by Crippen LogP contribution is -2.25. The van der Waals surface area contributed by atoms with Gasteiger partial charge in [-0.15, -0.1) is 0 Å². The van der Waals surface area contributed by atoms with E-state index in [4.69, 9.17) is 9.84 Å². The number of aliphatic carboxylic acids is 1. The highest BCUT2D eigenvalue weighted by Crippen LogP contribution is 2.31. The molecule has 3 heterocycles. The van der Waals surface area contributed by atoms with Gasteiger partial charge in [0, 0.05) is 29.9 Å². The second-order valence-electron chi connectivity index (χ2n) is 8.84. The van der Waals surface area contributed by atoms with Gasteiger partial charge in [-0.1, -0.05) is 6.07 Å². The Labute approximate surface area is 196 Å². The van der Waals surface area contributed by atoms with E-state index in [0.717, 1.165) is 36.9 Å². The molecule has 0 radical (unpaired) electrons. The van der Waals surface area contributed by atoms with Gasteiger partial charge in [-0.2, -0.15) is 0 Å². The summed E-state index contributed by atoms with van der Waals surface area (Å²) in [6.07, 6.45) is 5.29. The molecule has 0 unspecified atom stereocenters. The molecule has 0 bridgehead atoms. The Morgan fingerprint density at radius 1 is 1.09 bits per heavy atom. The highest BCUT2D eigenvalue weighted by molar-refractivity contribution is 5.77. The summed E-state index contributed by atoms with van der Waals surface area (Å²) in [7, 11) is 0. The Morgan fingerprint density at radius 2 is 1.88 bits per heavy atom. The van der Waals surface area contributed by atoms with Crippen LogP contribution in [0, 0.1) is 18.7 Å². The van der Waals surface area contributed by atoms with Crippen LogP contribution < -0.4 is 4.74 Å². The number of benzene rings is 1. The predicted octanol–water partition coefficient (Wildman–Crippen LogP) is 5.55. The Hall–Kier alpha value is -3.81. The lowest BCUT2D eigenvalue weighted by atomic mass is 9.85. The van der Waals surface area contributed by atoms with E-state index in [1.165, 1.54) is 6.07 Å². The number of ether oxygens (including phenoxy) is 1. The summed E-state index contributed by atoms with van der Waals surface area (Å²) in [5.74, 6) is 0.0673. The highest BCUT2D eigenvalue weighted by Gasteiger charge is 2.24. The van der Waals surface area contributed by atoms with Crippen molar-refractivity contribution >= 4 is 17.1 Å². The van der Waals surface area contributed by atoms with Crippen molar-refractivity contribution in [2.45, 2.75) is 45.1 Å². The minimum Gasteiger partial charge on any atom is -0.481 e. The minimum absolute atomic E-state index is 0.0437. The van der Waals surface area contributed by atoms with Gasteiger partial charge >= 0.3 is 5.97 Å². The van der Waals surface area contributed by atoms with Crippen molar-refractivity contribution in [3.8, 4) is 28.4 Å². The normalized spacial score (nSPS) is 18.2. The van der Waals surface area contributed by atoms with Crippen LogP contribution >= 0.6 is 0 Å². The fourth-order valence-electron chi connectivity index (χ4n) is 4.50. The minimum atomic E-state index is -0.740. The fraction of sp³-hybridized carbons (Fsp3) is 0.308. The van der Waals surface area contributed by atoms with Gasteiger partial charge in [-0.25, -0.2) is 19.3 Å². The quantitative estimate of drug-likeness (QED) is 0.391. The molecular formula is C26H25FN4O3. The van der Waals surface area contributed by atoms with Crippen LogP contribution in [0.3, 0.4) is 0 Å². The van der Waals surface area contributed by atoms with Crippen molar-refractivity contribution in [1.82, 2.24) is 19.9 Å². The summed E-state index contributed by atoms with van der Waals surface area (Å²) < 4.78 is 21.0. The van der Waals surface area contributed by atoms with Crippen LogP contribution in [0.25, 0.3) is 33.7 Å². The number of nitrogens with one attached hydrogen (secondary N) is 1. The zero-order chi connectivity index (χ0) is 23.7. The Morgan fingerprint density at radius 3 is 2.59 bits per heavy atom. The first-order valence-electron chi connectivity index (χ1n) is 11.4. The number of imidazole rings is 1. The van der Waals surface area contributed by atoms with Gasteiger partial charge in [-0.3, -0.25) is 4.79 Å². The maximum Gasteiger partial charge on any atom is 0.303 e. The Bertz CT molecular complexity index is 1330. The summed E-state index contributed by atoms with van der Waals surface area (Å²) in [6.45, 7) is 1.90. The summed E-state index contributed by atoms with van der Waals surface area (Å²) in [5, 5.41) is 8.94. The summed E-state index contributed by atoms with van der Waals surface area (Å²) in [6, 6.07) is 12.4. The van der Waals surface area contributed by atoms with E-state index >= 15 is 0 Å². The van der Waals surface area contributed by atoms with Gasteiger partial charge in [0.25, 0.3) is 0 Å². The molecule has 2 N–H and O–H groups in total. The van der Waals surface area contributed by atoms with E-state index in [0.29, 0.717) is 34.0 Å². The van der Waals surface area contributed by atoms with Gasteiger partial charge in [0.05, 0.1) is 5.56 Å². The number of hydrogen-bond acceptors (Lipinski definition) is 5. The fourth-order valence-corrected chi connectivity index (χ4v) is 4.50. The van der Waals surface area contributed by atoms with Gasteiger partial charge in [0.1, 0.15) is 23.3 Å². The molecule has 174 valence electrons. The van der Waals surface area contributed by atoms with Crippen molar-refractivity contribution in [3.05, 3.63) is 60.2 Å². The molecule has 8 heteroatoms. The second-order valence-corrected chi connectivity index (χ2v) is 8.84. The number of H-pyrrole nitrogens is 1. The number of pyridine rings is 2. The van der Waals surface area contributed by atoms with E-state index in [1.54, 1.807) is 18.3 Å². The molecule has 1 aliphatic carbocycles. The molecule has 0 spiro atoms. The third-order valence-electron chi connectivity index (χ3n) is 6.32. The zero-order valence-electron chi connectivity index (χ0n) is 18.8. The predicted molar refractivity (Wildman–Crippen MR) is 126 cm³/mol. The molecule has 3 aromatic heterocycles. The van der Waals surface area contributed by atoms with E-state index < -0.39 is 5.97 Å². The van der Waals surface area contributed by atoms with E-state index in [9.17, 15) is 9.18 Å². The Balaban J connectivity index is 1.26. The van der Waals surface area contributed by atoms with E-state index in [-0.39, 0.29) is 24.3 Å². The van der Waals surface area contributed by atoms with Crippen LogP contribution in [-0.2, 0) is 4.79 Å². The van der Waals surface area contributed by atoms with Crippen LogP contribution in [0.15, 0.2) is 48.7 Å². The molecule has 4 aromatic rings. The van der Waals surface area contributed by atoms with Crippen LogP contribution in [0.1, 0.15) is 37.8 Å². The zero-order valence-corrected chi connectivity index (χ0v) is 18.8. The lowest BCUT2D eigenvalue weighted by Gasteiger charge is -2.27. The molecule has 1 aromatic carbocycles. The smallest absolute Gasteiger partial charge is 0.303 e. The monoisotopic (exact) mass is 460 g/mol. The molecule has 1 saturated carbocycles. The number of halogens is 1. The first kappa shape index (κ1) is 22.0. The topological polar surface area (TPSA) is 101 Å². The van der Waals surface area contributed by atoms with E-state index in [1.807, 2.05) is 31.2 Å². The molecule has 1 aliphatic rings. The average molecular weight is 461 g/mol. The van der Waals surface area contributed by atoms with Crippen molar-refractivity contribution in [1.29, 1.82) is 0 Å². The van der Waals surface area contributed by atoms with Crippen LogP contribution in [0.5, 0.6) is 5.88 Å². The van der Waals surface area contributed by atoms with Gasteiger partial charge < -0.3 is 14.8 Å². The SMILES string of the molecule is Cc1ccc2nc(-c3ccc(-c4ccc(O[C@H]5CC[C@H](CC(=O)O)CC5)nc4)cc3F)[nH]c2n1. The van der Waals surface area contributed by atoms with E-state index in [2.05, 4.69) is 19.9 Å². The molecule has 34 heavy (non-hydrogen) atoms. The molecular weight excluding hydrogens is 435 g/mol. The van der Waals surface area contributed by atoms with Crippen molar-refractivity contribution in [2.24, 2.45) is 5.92 Å². The molecule has 0 atom stereocenters. The summed E-state index contributed by atoms with van der Waals surface area (Å²) in [4.78, 5) is 27.2. The number of hydrogen-bond donors (Lipinski definition) is 2. The highest BCUT2D eigenvalue weighted by atomic mass is 19.1. The number of aromatic amines is 1. The molecule has 0 amide bonds. The third kappa shape index (κ3) is 4.76. The maximum absolute atomic E-state index is 15.0. The van der Waals surface area contributed by atoms with Crippen LogP contribution in [0.2, 0.25) is 0 Å². The van der Waals surface area contributed by atoms with Gasteiger partial charge in [0.2, 0.25) is 5.88 Å². The summed E-state index contributed by atoms with van der Waals surface area (Å²) >= 11 is 0. The Kier molecular flexibility index (Phi) is 5.96. The number of aryl methyl sites for hydroxylation is 1. The molecule has 0 aliphatic heterocycles. The van der Waals surface area contributed by atoms with Crippen molar-refractivity contribution in [2.75, 3.05) is 0 Å². The largest absolute Gasteiger partial charge is 0.481 e. The average Bonchev–Trinajstić information content (AvgIpc) is 3.23. The lowest BCUT2D eigenvalue weighted by molar-refractivity contribution is -0.138. The molecule has 7 nitrogen and oxygen atoms in total. The first-order valence-corrected chi connectivity index (χ1v) is 11.4. The number of fused-ring (bicyclic) bond motifs is 1. The van der Waals surface area contributed by atoms with Crippen molar-refractivity contribution < 1.29 is 19.0 Å². The molecule has 5 rings (SSSR count). The maximum atomic E-state index is 15.0. The van der Waals surface area contributed by atoms with Gasteiger partial charge in [0.15, 0.2) is 5.65 Å². The number of nitrogens with zero attached hydrogens (tertiary/aromatic N) is 3. The number of aromatic nitrogens is 4. The number of carbonyl (C=O) groups is 1. The van der Waals surface area contributed by atoms with Crippen LogP contribution in [-0.4, -0.2) is 37.1 Å². The van der Waals surface area contributed by atoms with Gasteiger partial charge in [-0.05, 0) is 74.4 Å². The van der Waals surface area contributed by atoms with Crippen molar-refractivity contribution in [3.63, 3.8) is 0 Å². The standard InChI is InChI=1S/C26H25FN4O3/c1-15-2-10-22-26(29-15)31-25(30-22)20-9-5-17(13-21(20)27)18-6-11-23(28-14-18)34-19-7-3-16(4-8-19)12-24(32)33/h2,5-6,9-11,13-14,16,19H,3-4,7-8,12H2,1H3,(H,32,33)(H,29,30,31)/t16-,19-. The second kappa shape index (κ2) is 9.21. The van der Waals surface area contributed by atoms with Crippen LogP contribution in [0.4, 0.5) is 4.39 Å². The third-order valence-corrected chi connectivity index (χ3v) is 6.32.